The van der Waals surface area contributed by atoms with E-state index in [0.717, 1.165) is 16.9 Å². The van der Waals surface area contributed by atoms with Gasteiger partial charge in [-0.1, -0.05) is 0 Å². The Morgan fingerprint density at radius 2 is 1.89 bits per heavy atom. The van der Waals surface area contributed by atoms with Crippen molar-refractivity contribution >= 4 is 17.3 Å². The van der Waals surface area contributed by atoms with Crippen molar-refractivity contribution in [3.05, 3.63) is 53.6 Å². The number of benzene rings is 2. The second kappa shape index (κ2) is 4.31. The molecule has 4 heteroatoms. The molecule has 96 valence electrons. The van der Waals surface area contributed by atoms with Crippen LogP contribution in [0.15, 0.2) is 42.5 Å². The number of nitrogens with zero attached hydrogens (tertiary/aromatic N) is 1. The molecular weight excluding hydrogens is 240 g/mol. The molecule has 0 saturated heterocycles. The van der Waals surface area contributed by atoms with Crippen molar-refractivity contribution in [3.63, 3.8) is 0 Å². The quantitative estimate of drug-likeness (QED) is 0.866. The van der Waals surface area contributed by atoms with E-state index in [2.05, 4.69) is 5.32 Å². The predicted octanol–water partition coefficient (Wildman–Crippen LogP) is 2.59. The lowest BCUT2D eigenvalue weighted by Crippen LogP contribution is -2.22. The van der Waals surface area contributed by atoms with Crippen molar-refractivity contribution in [3.8, 4) is 5.75 Å². The van der Waals surface area contributed by atoms with Crippen molar-refractivity contribution in [1.82, 2.24) is 0 Å². The molecule has 2 aromatic carbocycles. The molecule has 2 aromatic rings. The molecule has 0 fully saturated rings. The first-order chi connectivity index (χ1) is 9.19. The van der Waals surface area contributed by atoms with Gasteiger partial charge in [0.1, 0.15) is 5.75 Å². The molecule has 1 heterocycles. The highest BCUT2D eigenvalue weighted by molar-refractivity contribution is 6.10. The number of hydrogen-bond acceptors (Lipinski definition) is 3. The largest absolute Gasteiger partial charge is 0.508 e. The lowest BCUT2D eigenvalue weighted by atomic mass is 10.1. The minimum absolute atomic E-state index is 0.0211. The minimum atomic E-state index is -0.0211. The normalized spacial score (nSPS) is 13.5. The van der Waals surface area contributed by atoms with Gasteiger partial charge in [0.05, 0.1) is 6.54 Å². The van der Waals surface area contributed by atoms with Crippen LogP contribution in [0.4, 0.5) is 11.4 Å². The Balaban J connectivity index is 1.94. The third-order valence-electron chi connectivity index (χ3n) is 3.36. The van der Waals surface area contributed by atoms with E-state index in [-0.39, 0.29) is 11.7 Å². The predicted molar refractivity (Wildman–Crippen MR) is 74.6 cm³/mol. The van der Waals surface area contributed by atoms with Crippen LogP contribution in [0.5, 0.6) is 5.75 Å². The van der Waals surface area contributed by atoms with E-state index in [9.17, 15) is 9.90 Å². The number of hydrogen-bond donors (Lipinski definition) is 2. The molecule has 0 radical (unpaired) electrons. The Hall–Kier alpha value is -2.49. The second-order valence-electron chi connectivity index (χ2n) is 4.53. The second-order valence-corrected chi connectivity index (χ2v) is 4.53. The van der Waals surface area contributed by atoms with Gasteiger partial charge in [-0.25, -0.2) is 0 Å². The molecule has 0 aliphatic carbocycles. The third-order valence-corrected chi connectivity index (χ3v) is 3.36. The van der Waals surface area contributed by atoms with Crippen LogP contribution in [-0.2, 0) is 6.54 Å². The van der Waals surface area contributed by atoms with Crippen LogP contribution >= 0.6 is 0 Å². The van der Waals surface area contributed by atoms with Gasteiger partial charge in [0.15, 0.2) is 0 Å². The molecule has 19 heavy (non-hydrogen) atoms. The maximum atomic E-state index is 12.3. The van der Waals surface area contributed by atoms with E-state index >= 15 is 0 Å². The zero-order chi connectivity index (χ0) is 13.4. The van der Waals surface area contributed by atoms with Crippen LogP contribution in [0.25, 0.3) is 0 Å². The Bertz CT molecular complexity index is 635. The summed E-state index contributed by atoms with van der Waals surface area (Å²) in [5.41, 5.74) is 3.39. The Kier molecular flexibility index (Phi) is 2.63. The molecule has 0 saturated carbocycles. The van der Waals surface area contributed by atoms with Crippen LogP contribution in [0, 0.1) is 0 Å². The summed E-state index contributed by atoms with van der Waals surface area (Å²) in [4.78, 5) is 14.0. The summed E-state index contributed by atoms with van der Waals surface area (Å²) in [6.45, 7) is 0.501. The highest BCUT2D eigenvalue weighted by Gasteiger charge is 2.28. The van der Waals surface area contributed by atoms with Crippen molar-refractivity contribution < 1.29 is 9.90 Å². The fourth-order valence-electron chi connectivity index (χ4n) is 2.32. The maximum Gasteiger partial charge on any atom is 0.258 e. The number of fused-ring (bicyclic) bond motifs is 1. The number of anilines is 2. The summed E-state index contributed by atoms with van der Waals surface area (Å²) in [7, 11) is 1.86. The standard InChI is InChI=1S/C15H14N2O2/c1-16-11-2-4-12(5-3-11)17-9-10-8-13(18)6-7-14(10)15(17)19/h2-8,16,18H,9H2,1H3. The number of carbonyl (C=O) groups is 1. The SMILES string of the molecule is CNc1ccc(N2Cc3cc(O)ccc3C2=O)cc1. The number of rotatable bonds is 2. The van der Waals surface area contributed by atoms with Gasteiger partial charge in [-0.3, -0.25) is 4.79 Å². The smallest absolute Gasteiger partial charge is 0.258 e. The van der Waals surface area contributed by atoms with Crippen LogP contribution in [0.3, 0.4) is 0 Å². The molecule has 1 aliphatic rings. The molecule has 2 N–H and O–H groups in total. The third kappa shape index (κ3) is 1.91. The Labute approximate surface area is 111 Å². The molecule has 0 unspecified atom stereocenters. The number of carbonyl (C=O) groups excluding carboxylic acids is 1. The molecular formula is C15H14N2O2. The molecule has 0 spiro atoms. The average molecular weight is 254 g/mol. The lowest BCUT2D eigenvalue weighted by Gasteiger charge is -2.16. The first kappa shape index (κ1) is 11.6. The van der Waals surface area contributed by atoms with Gasteiger partial charge in [0.25, 0.3) is 5.91 Å². The van der Waals surface area contributed by atoms with Gasteiger partial charge in [-0.05, 0) is 48.0 Å². The van der Waals surface area contributed by atoms with Crippen molar-refractivity contribution in [2.24, 2.45) is 0 Å². The number of nitrogens with one attached hydrogen (secondary N) is 1. The molecule has 0 bridgehead atoms. The number of amides is 1. The van der Waals surface area contributed by atoms with Gasteiger partial charge in [-0.15, -0.1) is 0 Å². The summed E-state index contributed by atoms with van der Waals surface area (Å²) in [6, 6.07) is 12.6. The van der Waals surface area contributed by atoms with Gasteiger partial charge in [0, 0.05) is 24.0 Å². The maximum absolute atomic E-state index is 12.3. The zero-order valence-electron chi connectivity index (χ0n) is 10.6. The summed E-state index contributed by atoms with van der Waals surface area (Å²) in [5, 5.41) is 12.5. The van der Waals surface area contributed by atoms with Gasteiger partial charge >= 0.3 is 0 Å². The Morgan fingerprint density at radius 1 is 1.16 bits per heavy atom. The van der Waals surface area contributed by atoms with E-state index in [4.69, 9.17) is 0 Å². The topological polar surface area (TPSA) is 52.6 Å². The van der Waals surface area contributed by atoms with E-state index in [1.807, 2.05) is 31.3 Å². The number of phenolic OH excluding ortho intramolecular Hbond substituents is 1. The van der Waals surface area contributed by atoms with Crippen molar-refractivity contribution in [2.45, 2.75) is 6.54 Å². The van der Waals surface area contributed by atoms with E-state index in [1.54, 1.807) is 23.1 Å². The van der Waals surface area contributed by atoms with Gasteiger partial charge < -0.3 is 15.3 Å². The first-order valence-electron chi connectivity index (χ1n) is 6.10. The van der Waals surface area contributed by atoms with Gasteiger partial charge in [0.2, 0.25) is 0 Å². The molecule has 0 aromatic heterocycles. The molecule has 3 rings (SSSR count). The van der Waals surface area contributed by atoms with Crippen LogP contribution in [0.1, 0.15) is 15.9 Å². The fourth-order valence-corrected chi connectivity index (χ4v) is 2.32. The van der Waals surface area contributed by atoms with Crippen LogP contribution < -0.4 is 10.2 Å². The number of aromatic hydroxyl groups is 1. The number of phenols is 1. The molecule has 4 nitrogen and oxygen atoms in total. The molecule has 1 aliphatic heterocycles. The summed E-state index contributed by atoms with van der Waals surface area (Å²) >= 11 is 0. The van der Waals surface area contributed by atoms with Gasteiger partial charge in [-0.2, -0.15) is 0 Å². The monoisotopic (exact) mass is 254 g/mol. The van der Waals surface area contributed by atoms with E-state index in [0.29, 0.717) is 12.1 Å². The average Bonchev–Trinajstić information content (AvgIpc) is 2.75. The summed E-state index contributed by atoms with van der Waals surface area (Å²) in [5.74, 6) is 0.172. The molecule has 1 amide bonds. The first-order valence-corrected chi connectivity index (χ1v) is 6.10. The zero-order valence-corrected chi connectivity index (χ0v) is 10.6. The summed E-state index contributed by atoms with van der Waals surface area (Å²) < 4.78 is 0. The van der Waals surface area contributed by atoms with Crippen LogP contribution in [0.2, 0.25) is 0 Å². The molecule has 0 atom stereocenters. The highest BCUT2D eigenvalue weighted by Crippen LogP contribution is 2.30. The van der Waals surface area contributed by atoms with E-state index in [1.165, 1.54) is 0 Å². The lowest BCUT2D eigenvalue weighted by molar-refractivity contribution is 0.0996. The van der Waals surface area contributed by atoms with Crippen molar-refractivity contribution in [2.75, 3.05) is 17.3 Å². The Morgan fingerprint density at radius 3 is 2.58 bits per heavy atom. The van der Waals surface area contributed by atoms with E-state index < -0.39 is 0 Å². The minimum Gasteiger partial charge on any atom is -0.508 e. The van der Waals surface area contributed by atoms with Crippen molar-refractivity contribution in [1.29, 1.82) is 0 Å². The fraction of sp³-hybridized carbons (Fsp3) is 0.133. The van der Waals surface area contributed by atoms with Crippen LogP contribution in [-0.4, -0.2) is 18.1 Å². The highest BCUT2D eigenvalue weighted by atomic mass is 16.3. The summed E-state index contributed by atoms with van der Waals surface area (Å²) in [6.07, 6.45) is 0.